The second-order valence-corrected chi connectivity index (χ2v) is 11.3. The van der Waals surface area contributed by atoms with Crippen LogP contribution in [0.15, 0.2) is 65.8 Å². The molecule has 12 heteroatoms. The number of ether oxygens (including phenoxy) is 1. The Morgan fingerprint density at radius 2 is 1.82 bits per heavy atom. The highest BCUT2D eigenvalue weighted by Gasteiger charge is 2.25. The van der Waals surface area contributed by atoms with Crippen LogP contribution in [-0.4, -0.2) is 52.8 Å². The van der Waals surface area contributed by atoms with Crippen LogP contribution in [0.5, 0.6) is 5.75 Å². The largest absolute Gasteiger partial charge is 0.495 e. The van der Waals surface area contributed by atoms with Crippen LogP contribution in [0, 0.1) is 0 Å². The van der Waals surface area contributed by atoms with Gasteiger partial charge < -0.3 is 20.5 Å². The molecule has 38 heavy (non-hydrogen) atoms. The van der Waals surface area contributed by atoms with E-state index in [2.05, 4.69) is 20.6 Å². The van der Waals surface area contributed by atoms with E-state index in [0.717, 1.165) is 12.8 Å². The molecule has 1 saturated carbocycles. The van der Waals surface area contributed by atoms with Gasteiger partial charge in [0.05, 0.1) is 18.2 Å². The number of nitrogens with one attached hydrogen (secondary N) is 2. The first-order chi connectivity index (χ1) is 18.2. The van der Waals surface area contributed by atoms with Gasteiger partial charge in [0.15, 0.2) is 5.65 Å². The van der Waals surface area contributed by atoms with Crippen molar-refractivity contribution in [2.24, 2.45) is 0 Å². The number of hydrogen-bond donors (Lipinski definition) is 3. The van der Waals surface area contributed by atoms with Crippen molar-refractivity contribution >= 4 is 44.6 Å². The van der Waals surface area contributed by atoms with Crippen LogP contribution in [0.4, 0.5) is 10.6 Å². The van der Waals surface area contributed by atoms with Crippen LogP contribution in [0.25, 0.3) is 22.2 Å². The molecule has 0 unspecified atom stereocenters. The highest BCUT2D eigenvalue weighted by Crippen LogP contribution is 2.36. The first-order valence-corrected chi connectivity index (χ1v) is 13.9. The van der Waals surface area contributed by atoms with Crippen molar-refractivity contribution in [3.63, 3.8) is 0 Å². The van der Waals surface area contributed by atoms with Crippen LogP contribution in [0.3, 0.4) is 0 Å². The maximum Gasteiger partial charge on any atom is 0.404 e. The van der Waals surface area contributed by atoms with Crippen molar-refractivity contribution in [2.45, 2.75) is 42.7 Å². The lowest BCUT2D eigenvalue weighted by Crippen LogP contribution is -2.39. The average molecular weight is 556 g/mol. The van der Waals surface area contributed by atoms with E-state index in [1.54, 1.807) is 30.3 Å². The molecule has 0 saturated heterocycles. The number of anilines is 1. The van der Waals surface area contributed by atoms with Crippen LogP contribution in [0.2, 0.25) is 5.15 Å². The fraction of sp³-hybridized carbons (Fsp3) is 0.269. The van der Waals surface area contributed by atoms with Gasteiger partial charge in [-0.05, 0) is 61.6 Å². The van der Waals surface area contributed by atoms with Gasteiger partial charge in [-0.1, -0.05) is 29.8 Å². The van der Waals surface area contributed by atoms with Crippen LogP contribution in [-0.2, 0) is 10.0 Å². The number of halogens is 1. The van der Waals surface area contributed by atoms with E-state index in [1.165, 1.54) is 35.6 Å². The summed E-state index contributed by atoms with van der Waals surface area (Å²) in [6.07, 6.45) is 4.97. The summed E-state index contributed by atoms with van der Waals surface area (Å²) in [5.41, 5.74) is 1.53. The van der Waals surface area contributed by atoms with Gasteiger partial charge in [-0.25, -0.2) is 27.2 Å². The smallest absolute Gasteiger partial charge is 0.404 e. The molecule has 0 bridgehead atoms. The molecule has 3 heterocycles. The minimum Gasteiger partial charge on any atom is -0.495 e. The zero-order chi connectivity index (χ0) is 26.9. The second kappa shape index (κ2) is 10.5. The summed E-state index contributed by atoms with van der Waals surface area (Å²) in [7, 11) is -2.41. The van der Waals surface area contributed by atoms with Crippen LogP contribution < -0.4 is 15.4 Å². The SMILES string of the molecule is COc1cnc2c(c1)c(-c1cc(Cl)nc(NC3CCC(NC(=O)O)CC3)c1)cn2S(=O)(=O)c1ccccc1. The van der Waals surface area contributed by atoms with Crippen molar-refractivity contribution in [3.8, 4) is 16.9 Å². The van der Waals surface area contributed by atoms with Crippen molar-refractivity contribution in [1.29, 1.82) is 0 Å². The lowest BCUT2D eigenvalue weighted by Gasteiger charge is -2.29. The summed E-state index contributed by atoms with van der Waals surface area (Å²) in [5.74, 6) is 1.03. The van der Waals surface area contributed by atoms with Gasteiger partial charge >= 0.3 is 6.09 Å². The molecular formula is C26H26ClN5O5S. The van der Waals surface area contributed by atoms with Gasteiger partial charge in [-0.15, -0.1) is 0 Å². The van der Waals surface area contributed by atoms with Gasteiger partial charge in [-0.2, -0.15) is 0 Å². The molecule has 4 aromatic rings. The summed E-state index contributed by atoms with van der Waals surface area (Å²) in [5, 5.41) is 15.7. The molecule has 0 radical (unpaired) electrons. The number of fused-ring (bicyclic) bond motifs is 1. The number of benzene rings is 1. The molecule has 3 aromatic heterocycles. The van der Waals surface area contributed by atoms with Crippen molar-refractivity contribution < 1.29 is 23.1 Å². The zero-order valence-electron chi connectivity index (χ0n) is 20.5. The number of methoxy groups -OCH3 is 1. The number of carboxylic acid groups (broad SMARTS) is 1. The lowest BCUT2D eigenvalue weighted by molar-refractivity contribution is 0.185. The van der Waals surface area contributed by atoms with E-state index in [-0.39, 0.29) is 27.8 Å². The first-order valence-electron chi connectivity index (χ1n) is 12.0. The van der Waals surface area contributed by atoms with Gasteiger partial charge in [0.2, 0.25) is 0 Å². The first kappa shape index (κ1) is 25.8. The van der Waals surface area contributed by atoms with Gasteiger partial charge in [0.25, 0.3) is 10.0 Å². The number of aromatic nitrogens is 3. The molecule has 1 amide bonds. The molecule has 1 aliphatic rings. The summed E-state index contributed by atoms with van der Waals surface area (Å²) < 4.78 is 33.6. The summed E-state index contributed by atoms with van der Waals surface area (Å²) in [6, 6.07) is 13.4. The maximum atomic E-state index is 13.5. The predicted octanol–water partition coefficient (Wildman–Crippen LogP) is 4.99. The Balaban J connectivity index is 1.52. The number of pyridine rings is 2. The Kier molecular flexibility index (Phi) is 7.13. The molecule has 5 rings (SSSR count). The van der Waals surface area contributed by atoms with E-state index in [4.69, 9.17) is 21.4 Å². The minimum atomic E-state index is -3.93. The van der Waals surface area contributed by atoms with Crippen molar-refractivity contribution in [2.75, 3.05) is 12.4 Å². The number of rotatable bonds is 7. The fourth-order valence-electron chi connectivity index (χ4n) is 4.78. The summed E-state index contributed by atoms with van der Waals surface area (Å²) in [4.78, 5) is 19.9. The van der Waals surface area contributed by atoms with Gasteiger partial charge in [0.1, 0.15) is 16.7 Å². The van der Waals surface area contributed by atoms with Crippen molar-refractivity contribution in [1.82, 2.24) is 19.3 Å². The molecule has 0 atom stereocenters. The molecule has 1 aliphatic carbocycles. The third-order valence-electron chi connectivity index (χ3n) is 6.63. The maximum absolute atomic E-state index is 13.5. The van der Waals surface area contributed by atoms with E-state index in [9.17, 15) is 13.2 Å². The summed E-state index contributed by atoms with van der Waals surface area (Å²) in [6.45, 7) is 0. The molecule has 198 valence electrons. The molecule has 0 spiro atoms. The monoisotopic (exact) mass is 555 g/mol. The van der Waals surface area contributed by atoms with Crippen LogP contribution >= 0.6 is 11.6 Å². The number of nitrogens with zero attached hydrogens (tertiary/aromatic N) is 3. The second-order valence-electron chi connectivity index (χ2n) is 9.11. The third kappa shape index (κ3) is 5.25. The van der Waals surface area contributed by atoms with E-state index in [1.807, 2.05) is 6.07 Å². The predicted molar refractivity (Wildman–Crippen MR) is 144 cm³/mol. The van der Waals surface area contributed by atoms with E-state index in [0.29, 0.717) is 40.9 Å². The van der Waals surface area contributed by atoms with Crippen molar-refractivity contribution in [3.05, 3.63) is 66.1 Å². The normalized spacial score (nSPS) is 17.7. The highest BCUT2D eigenvalue weighted by atomic mass is 35.5. The molecule has 3 N–H and O–H groups in total. The Bertz CT molecular complexity index is 1580. The lowest BCUT2D eigenvalue weighted by atomic mass is 9.91. The van der Waals surface area contributed by atoms with Gasteiger partial charge in [-0.3, -0.25) is 0 Å². The molecule has 1 fully saturated rings. The third-order valence-corrected chi connectivity index (χ3v) is 8.49. The molecular weight excluding hydrogens is 530 g/mol. The Morgan fingerprint density at radius 3 is 2.50 bits per heavy atom. The topological polar surface area (TPSA) is 135 Å². The van der Waals surface area contributed by atoms with Crippen LogP contribution in [0.1, 0.15) is 25.7 Å². The molecule has 0 aliphatic heterocycles. The number of carbonyl (C=O) groups is 1. The zero-order valence-corrected chi connectivity index (χ0v) is 22.0. The standard InChI is InChI=1S/C26H26ClN5O5S/c1-37-19-13-21-22(15-32(25(21)28-14-19)38(35,36)20-5-3-2-4-6-20)16-11-23(27)31-24(12-16)29-17-7-9-18(10-8-17)30-26(33)34/h2-6,11-15,17-18,30H,7-10H2,1H3,(H,29,31)(H,33,34). The van der Waals surface area contributed by atoms with E-state index < -0.39 is 16.1 Å². The molecule has 1 aromatic carbocycles. The number of hydrogen-bond acceptors (Lipinski definition) is 7. The Morgan fingerprint density at radius 1 is 1.11 bits per heavy atom. The Hall–Kier alpha value is -3.83. The summed E-state index contributed by atoms with van der Waals surface area (Å²) >= 11 is 6.41. The highest BCUT2D eigenvalue weighted by molar-refractivity contribution is 7.90. The molecule has 10 nitrogen and oxygen atoms in total. The van der Waals surface area contributed by atoms with E-state index >= 15 is 0 Å². The quantitative estimate of drug-likeness (QED) is 0.271. The Labute approximate surface area is 224 Å². The fourth-order valence-corrected chi connectivity index (χ4v) is 6.34. The number of amides is 1. The average Bonchev–Trinajstić information content (AvgIpc) is 3.29. The minimum absolute atomic E-state index is 0.0615. The van der Waals surface area contributed by atoms with Gasteiger partial charge in [0, 0.05) is 29.2 Å².